The lowest BCUT2D eigenvalue weighted by Crippen LogP contribution is -2.23. The van der Waals surface area contributed by atoms with Crippen molar-refractivity contribution < 1.29 is 12.8 Å². The standard InChI is InChI=1S/C16H15FN2O2S3/c1-24(20,21)18-8-7-13-5-6-15(23-13)14-10-22-16(19-14)11-3-2-4-12(17)9-11/h2-6,9-10,18H,7-8H2,1H3. The molecule has 4 nitrogen and oxygen atoms in total. The van der Waals surface area contributed by atoms with E-state index in [1.165, 1.54) is 23.5 Å². The molecule has 0 unspecified atom stereocenters. The van der Waals surface area contributed by atoms with Crippen LogP contribution in [0.3, 0.4) is 0 Å². The van der Waals surface area contributed by atoms with Crippen LogP contribution < -0.4 is 4.72 Å². The second-order valence-corrected chi connectivity index (χ2v) is 9.09. The predicted octanol–water partition coefficient (Wildman–Crippen LogP) is 3.77. The minimum Gasteiger partial charge on any atom is -0.235 e. The summed E-state index contributed by atoms with van der Waals surface area (Å²) in [7, 11) is -3.16. The van der Waals surface area contributed by atoms with Gasteiger partial charge >= 0.3 is 0 Å². The van der Waals surface area contributed by atoms with E-state index in [0.717, 1.165) is 32.3 Å². The summed E-state index contributed by atoms with van der Waals surface area (Å²) in [6, 6.07) is 10.3. The zero-order chi connectivity index (χ0) is 17.2. The molecule has 8 heteroatoms. The Morgan fingerprint density at radius 3 is 2.83 bits per heavy atom. The average Bonchev–Trinajstić information content (AvgIpc) is 3.14. The van der Waals surface area contributed by atoms with Gasteiger partial charge in [0, 0.05) is 22.4 Å². The van der Waals surface area contributed by atoms with Crippen LogP contribution in [0.15, 0.2) is 41.8 Å². The monoisotopic (exact) mass is 382 g/mol. The number of rotatable bonds is 6. The second-order valence-electron chi connectivity index (χ2n) is 5.23. The second kappa shape index (κ2) is 7.10. The number of nitrogens with zero attached hydrogens (tertiary/aromatic N) is 1. The van der Waals surface area contributed by atoms with Crippen molar-refractivity contribution in [1.29, 1.82) is 0 Å². The molecule has 0 amide bonds. The highest BCUT2D eigenvalue weighted by molar-refractivity contribution is 7.88. The molecule has 1 N–H and O–H groups in total. The molecule has 0 saturated heterocycles. The molecular weight excluding hydrogens is 367 g/mol. The Hall–Kier alpha value is -1.61. The fourth-order valence-corrected chi connectivity index (χ4v) is 4.48. The molecular formula is C16H15FN2O2S3. The molecule has 2 heterocycles. The summed E-state index contributed by atoms with van der Waals surface area (Å²) in [4.78, 5) is 6.68. The molecule has 0 saturated carbocycles. The molecule has 0 radical (unpaired) electrons. The quantitative estimate of drug-likeness (QED) is 0.706. The molecule has 2 aromatic heterocycles. The van der Waals surface area contributed by atoms with Crippen molar-refractivity contribution in [2.75, 3.05) is 12.8 Å². The van der Waals surface area contributed by atoms with Crippen LogP contribution in [0.25, 0.3) is 21.1 Å². The number of sulfonamides is 1. The van der Waals surface area contributed by atoms with Gasteiger partial charge in [0.25, 0.3) is 0 Å². The van der Waals surface area contributed by atoms with E-state index in [9.17, 15) is 12.8 Å². The zero-order valence-electron chi connectivity index (χ0n) is 12.8. The van der Waals surface area contributed by atoms with Crippen molar-refractivity contribution in [2.24, 2.45) is 0 Å². The number of halogens is 1. The van der Waals surface area contributed by atoms with Gasteiger partial charge < -0.3 is 0 Å². The van der Waals surface area contributed by atoms with Gasteiger partial charge in [-0.15, -0.1) is 22.7 Å². The van der Waals surface area contributed by atoms with E-state index >= 15 is 0 Å². The van der Waals surface area contributed by atoms with Crippen LogP contribution in [0.5, 0.6) is 0 Å². The summed E-state index contributed by atoms with van der Waals surface area (Å²) in [6.07, 6.45) is 1.79. The van der Waals surface area contributed by atoms with Gasteiger partial charge in [0.1, 0.15) is 10.8 Å². The number of thiophene rings is 1. The first-order chi connectivity index (χ1) is 11.4. The minimum atomic E-state index is -3.16. The third kappa shape index (κ3) is 4.47. The van der Waals surface area contributed by atoms with Gasteiger partial charge in [0.15, 0.2) is 0 Å². The van der Waals surface area contributed by atoms with E-state index in [2.05, 4.69) is 9.71 Å². The lowest BCUT2D eigenvalue weighted by molar-refractivity contribution is 0.588. The van der Waals surface area contributed by atoms with Crippen LogP contribution >= 0.6 is 22.7 Å². The Bertz CT molecular complexity index is 948. The first kappa shape index (κ1) is 17.2. The summed E-state index contributed by atoms with van der Waals surface area (Å²) >= 11 is 3.06. The van der Waals surface area contributed by atoms with Crippen molar-refractivity contribution in [1.82, 2.24) is 9.71 Å². The number of benzene rings is 1. The van der Waals surface area contributed by atoms with Crippen molar-refractivity contribution in [3.63, 3.8) is 0 Å². The van der Waals surface area contributed by atoms with Crippen LogP contribution in [0.2, 0.25) is 0 Å². The summed E-state index contributed by atoms with van der Waals surface area (Å²) in [5, 5.41) is 2.73. The zero-order valence-corrected chi connectivity index (χ0v) is 15.3. The van der Waals surface area contributed by atoms with Crippen LogP contribution in [0, 0.1) is 5.82 Å². The van der Waals surface area contributed by atoms with E-state index in [0.29, 0.717) is 13.0 Å². The number of hydrogen-bond acceptors (Lipinski definition) is 5. The fraction of sp³-hybridized carbons (Fsp3) is 0.188. The Kier molecular flexibility index (Phi) is 5.09. The lowest BCUT2D eigenvalue weighted by Gasteiger charge is -1.99. The highest BCUT2D eigenvalue weighted by Crippen LogP contribution is 2.33. The maximum Gasteiger partial charge on any atom is 0.208 e. The third-order valence-electron chi connectivity index (χ3n) is 3.23. The number of thiazole rings is 1. The summed E-state index contributed by atoms with van der Waals surface area (Å²) < 4.78 is 37.9. The predicted molar refractivity (Wildman–Crippen MR) is 97.4 cm³/mol. The minimum absolute atomic E-state index is 0.277. The topological polar surface area (TPSA) is 59.1 Å². The van der Waals surface area contributed by atoms with Gasteiger partial charge in [-0.05, 0) is 30.7 Å². The number of hydrogen-bond donors (Lipinski definition) is 1. The molecule has 0 fully saturated rings. The molecule has 3 aromatic rings. The molecule has 0 aliphatic rings. The van der Waals surface area contributed by atoms with E-state index in [4.69, 9.17) is 0 Å². The molecule has 24 heavy (non-hydrogen) atoms. The first-order valence-corrected chi connectivity index (χ1v) is 10.7. The van der Waals surface area contributed by atoms with E-state index in [1.54, 1.807) is 17.4 Å². The SMILES string of the molecule is CS(=O)(=O)NCCc1ccc(-c2csc(-c3cccc(F)c3)n2)s1. The Balaban J connectivity index is 1.72. The Morgan fingerprint density at radius 2 is 2.08 bits per heavy atom. The maximum absolute atomic E-state index is 13.3. The number of nitrogens with one attached hydrogen (secondary N) is 1. The highest BCUT2D eigenvalue weighted by atomic mass is 32.2. The molecule has 0 spiro atoms. The van der Waals surface area contributed by atoms with Crippen molar-refractivity contribution >= 4 is 32.7 Å². The molecule has 0 aliphatic carbocycles. The van der Waals surface area contributed by atoms with Crippen LogP contribution in [0.1, 0.15) is 4.88 Å². The molecule has 0 bridgehead atoms. The summed E-state index contributed by atoms with van der Waals surface area (Å²) in [6.45, 7) is 0.379. The van der Waals surface area contributed by atoms with Gasteiger partial charge in [-0.2, -0.15) is 0 Å². The fourth-order valence-electron chi connectivity index (χ4n) is 2.15. The van der Waals surface area contributed by atoms with E-state index in [1.807, 2.05) is 23.6 Å². The van der Waals surface area contributed by atoms with Gasteiger partial charge in [0.2, 0.25) is 10.0 Å². The smallest absolute Gasteiger partial charge is 0.208 e. The molecule has 126 valence electrons. The largest absolute Gasteiger partial charge is 0.235 e. The van der Waals surface area contributed by atoms with Gasteiger partial charge in [-0.3, -0.25) is 0 Å². The van der Waals surface area contributed by atoms with Gasteiger partial charge in [-0.25, -0.2) is 22.5 Å². The molecule has 3 rings (SSSR count). The highest BCUT2D eigenvalue weighted by Gasteiger charge is 2.10. The third-order valence-corrected chi connectivity index (χ3v) is 6.01. The van der Waals surface area contributed by atoms with E-state index < -0.39 is 10.0 Å². The van der Waals surface area contributed by atoms with Gasteiger partial charge in [-0.1, -0.05) is 12.1 Å². The maximum atomic E-state index is 13.3. The average molecular weight is 383 g/mol. The van der Waals surface area contributed by atoms with Gasteiger partial charge in [0.05, 0.1) is 16.8 Å². The molecule has 0 aliphatic heterocycles. The Morgan fingerprint density at radius 1 is 1.25 bits per heavy atom. The number of aromatic nitrogens is 1. The summed E-state index contributed by atoms with van der Waals surface area (Å²) in [5.74, 6) is -0.277. The van der Waals surface area contributed by atoms with Crippen LogP contribution in [-0.2, 0) is 16.4 Å². The van der Waals surface area contributed by atoms with E-state index in [-0.39, 0.29) is 5.82 Å². The normalized spacial score (nSPS) is 11.8. The van der Waals surface area contributed by atoms with Crippen molar-refractivity contribution in [3.8, 4) is 21.1 Å². The molecule has 1 aromatic carbocycles. The van der Waals surface area contributed by atoms with Crippen LogP contribution in [-0.4, -0.2) is 26.2 Å². The first-order valence-electron chi connectivity index (χ1n) is 7.16. The molecule has 0 atom stereocenters. The van der Waals surface area contributed by atoms with Crippen molar-refractivity contribution in [3.05, 3.63) is 52.5 Å². The lowest BCUT2D eigenvalue weighted by atomic mass is 10.2. The summed E-state index contributed by atoms with van der Waals surface area (Å²) in [5.41, 5.74) is 1.62. The Labute approximate surface area is 148 Å². The van der Waals surface area contributed by atoms with Crippen LogP contribution in [0.4, 0.5) is 4.39 Å². The van der Waals surface area contributed by atoms with Crippen molar-refractivity contribution in [2.45, 2.75) is 6.42 Å².